The second kappa shape index (κ2) is 9.49. The number of thioether (sulfide) groups is 1. The Morgan fingerprint density at radius 3 is 2.41 bits per heavy atom. The van der Waals surface area contributed by atoms with E-state index in [2.05, 4.69) is 10.3 Å². The molecule has 0 saturated carbocycles. The van der Waals surface area contributed by atoms with Crippen molar-refractivity contribution in [1.29, 1.82) is 0 Å². The number of benzene rings is 3. The number of aromatic nitrogens is 1. The Morgan fingerprint density at radius 2 is 1.66 bits per heavy atom. The minimum Gasteiger partial charge on any atom is -0.366 e. The van der Waals surface area contributed by atoms with Gasteiger partial charge in [-0.2, -0.15) is 0 Å². The molecule has 2 amide bonds. The van der Waals surface area contributed by atoms with E-state index in [1.165, 1.54) is 0 Å². The molecule has 0 unspecified atom stereocenters. The molecule has 0 saturated heterocycles. The second-order valence-corrected chi connectivity index (χ2v) is 7.95. The fourth-order valence-electron chi connectivity index (χ4n) is 3.49. The summed E-state index contributed by atoms with van der Waals surface area (Å²) >= 11 is 1.56. The standard InChI is InChI=1S/C26H21N3O2S/c1-32-19-12-13-22(23(16-19)20-9-2-3-10-21(20)25(27)30)26(31)29-18-8-6-7-17(15-18)24-11-4-5-14-28-24/h2-16H,1H3,(H2,27,30)(H,29,31). The van der Waals surface area contributed by atoms with Gasteiger partial charge in [0.15, 0.2) is 0 Å². The van der Waals surface area contributed by atoms with Gasteiger partial charge >= 0.3 is 0 Å². The Balaban J connectivity index is 1.72. The molecule has 6 heteroatoms. The van der Waals surface area contributed by atoms with Crippen LogP contribution in [0.5, 0.6) is 0 Å². The summed E-state index contributed by atoms with van der Waals surface area (Å²) in [7, 11) is 0. The van der Waals surface area contributed by atoms with Crippen molar-refractivity contribution in [2.45, 2.75) is 4.90 Å². The summed E-state index contributed by atoms with van der Waals surface area (Å²) in [5, 5.41) is 2.98. The molecular weight excluding hydrogens is 418 g/mol. The number of carbonyl (C=O) groups is 2. The van der Waals surface area contributed by atoms with Gasteiger partial charge in [0.25, 0.3) is 5.91 Å². The van der Waals surface area contributed by atoms with E-state index in [1.807, 2.05) is 66.9 Å². The predicted octanol–water partition coefficient (Wildman–Crippen LogP) is 5.49. The van der Waals surface area contributed by atoms with Crippen LogP contribution in [0, 0.1) is 0 Å². The van der Waals surface area contributed by atoms with Crippen molar-refractivity contribution in [3.05, 3.63) is 102 Å². The Morgan fingerprint density at radius 1 is 0.844 bits per heavy atom. The van der Waals surface area contributed by atoms with Gasteiger partial charge < -0.3 is 11.1 Å². The van der Waals surface area contributed by atoms with Gasteiger partial charge in [-0.3, -0.25) is 14.6 Å². The van der Waals surface area contributed by atoms with Crippen LogP contribution in [0.25, 0.3) is 22.4 Å². The highest BCUT2D eigenvalue weighted by molar-refractivity contribution is 7.98. The van der Waals surface area contributed by atoms with Crippen LogP contribution in [0.2, 0.25) is 0 Å². The maximum absolute atomic E-state index is 13.3. The van der Waals surface area contributed by atoms with E-state index < -0.39 is 5.91 Å². The fourth-order valence-corrected chi connectivity index (χ4v) is 3.93. The molecule has 0 radical (unpaired) electrons. The van der Waals surface area contributed by atoms with Gasteiger partial charge in [0.05, 0.1) is 5.69 Å². The number of nitrogens with two attached hydrogens (primary N) is 1. The molecular formula is C26H21N3O2S. The lowest BCUT2D eigenvalue weighted by Gasteiger charge is -2.14. The summed E-state index contributed by atoms with van der Waals surface area (Å²) in [5.41, 5.74) is 10.1. The first kappa shape index (κ1) is 21.3. The average molecular weight is 440 g/mol. The lowest BCUT2D eigenvalue weighted by Crippen LogP contribution is -2.16. The molecule has 3 aromatic carbocycles. The van der Waals surface area contributed by atoms with Crippen molar-refractivity contribution in [2.24, 2.45) is 5.73 Å². The molecule has 3 N–H and O–H groups in total. The Kier molecular flexibility index (Phi) is 6.33. The number of pyridine rings is 1. The highest BCUT2D eigenvalue weighted by Gasteiger charge is 2.18. The molecule has 0 aliphatic heterocycles. The number of carbonyl (C=O) groups excluding carboxylic acids is 2. The van der Waals surface area contributed by atoms with Crippen LogP contribution in [0.15, 0.2) is 96.0 Å². The molecule has 0 atom stereocenters. The largest absolute Gasteiger partial charge is 0.366 e. The zero-order valence-electron chi connectivity index (χ0n) is 17.4. The second-order valence-electron chi connectivity index (χ2n) is 7.07. The van der Waals surface area contributed by atoms with Crippen LogP contribution in [-0.4, -0.2) is 23.1 Å². The van der Waals surface area contributed by atoms with E-state index in [0.29, 0.717) is 27.9 Å². The number of hydrogen-bond donors (Lipinski definition) is 2. The number of rotatable bonds is 6. The lowest BCUT2D eigenvalue weighted by atomic mass is 9.94. The molecule has 1 aromatic heterocycles. The topological polar surface area (TPSA) is 85.1 Å². The average Bonchev–Trinajstić information content (AvgIpc) is 2.84. The minimum atomic E-state index is -0.537. The van der Waals surface area contributed by atoms with Gasteiger partial charge in [-0.05, 0) is 65.9 Å². The third kappa shape index (κ3) is 4.55. The third-order valence-corrected chi connectivity index (χ3v) is 5.76. The van der Waals surface area contributed by atoms with E-state index in [9.17, 15) is 9.59 Å². The van der Waals surface area contributed by atoms with Crippen LogP contribution in [0.3, 0.4) is 0 Å². The Hall–Kier alpha value is -3.90. The first-order valence-electron chi connectivity index (χ1n) is 9.97. The van der Waals surface area contributed by atoms with E-state index in [1.54, 1.807) is 42.2 Å². The summed E-state index contributed by atoms with van der Waals surface area (Å²) in [4.78, 5) is 30.6. The highest BCUT2D eigenvalue weighted by atomic mass is 32.2. The number of primary amides is 1. The number of anilines is 1. The molecule has 0 aliphatic carbocycles. The monoisotopic (exact) mass is 439 g/mol. The SMILES string of the molecule is CSc1ccc(C(=O)Nc2cccc(-c3ccccn3)c2)c(-c2ccccc2C(N)=O)c1. The van der Waals surface area contributed by atoms with Gasteiger partial charge in [-0.25, -0.2) is 0 Å². The van der Waals surface area contributed by atoms with Crippen LogP contribution in [0.1, 0.15) is 20.7 Å². The molecule has 0 spiro atoms. The zero-order chi connectivity index (χ0) is 22.5. The van der Waals surface area contributed by atoms with Crippen molar-refractivity contribution in [3.63, 3.8) is 0 Å². The first-order valence-corrected chi connectivity index (χ1v) is 11.2. The summed E-state index contributed by atoms with van der Waals surface area (Å²) in [6.07, 6.45) is 3.69. The number of nitrogens with one attached hydrogen (secondary N) is 1. The van der Waals surface area contributed by atoms with E-state index >= 15 is 0 Å². The van der Waals surface area contributed by atoms with Crippen molar-refractivity contribution in [3.8, 4) is 22.4 Å². The minimum absolute atomic E-state index is 0.273. The molecule has 1 heterocycles. The third-order valence-electron chi connectivity index (χ3n) is 5.04. The van der Waals surface area contributed by atoms with Gasteiger partial charge in [0, 0.05) is 33.5 Å². The Labute approximate surface area is 190 Å². The molecule has 158 valence electrons. The van der Waals surface area contributed by atoms with E-state index in [-0.39, 0.29) is 5.91 Å². The van der Waals surface area contributed by atoms with Gasteiger partial charge in [0.2, 0.25) is 5.91 Å². The van der Waals surface area contributed by atoms with Crippen molar-refractivity contribution in [1.82, 2.24) is 4.98 Å². The number of nitrogens with zero attached hydrogens (tertiary/aromatic N) is 1. The summed E-state index contributed by atoms with van der Waals surface area (Å²) in [5.74, 6) is -0.810. The predicted molar refractivity (Wildman–Crippen MR) is 130 cm³/mol. The van der Waals surface area contributed by atoms with Gasteiger partial charge in [0.1, 0.15) is 0 Å². The Bertz CT molecular complexity index is 1290. The van der Waals surface area contributed by atoms with Crippen LogP contribution in [-0.2, 0) is 0 Å². The summed E-state index contributed by atoms with van der Waals surface area (Å²) < 4.78 is 0. The zero-order valence-corrected chi connectivity index (χ0v) is 18.2. The smallest absolute Gasteiger partial charge is 0.256 e. The van der Waals surface area contributed by atoms with Crippen LogP contribution in [0.4, 0.5) is 5.69 Å². The molecule has 32 heavy (non-hydrogen) atoms. The molecule has 0 bridgehead atoms. The maximum Gasteiger partial charge on any atom is 0.256 e. The maximum atomic E-state index is 13.3. The van der Waals surface area contributed by atoms with E-state index in [0.717, 1.165) is 16.2 Å². The van der Waals surface area contributed by atoms with Crippen molar-refractivity contribution >= 4 is 29.3 Å². The molecule has 5 nitrogen and oxygen atoms in total. The molecule has 0 fully saturated rings. The number of hydrogen-bond acceptors (Lipinski definition) is 4. The van der Waals surface area contributed by atoms with Gasteiger partial charge in [-0.1, -0.05) is 36.4 Å². The number of amides is 2. The van der Waals surface area contributed by atoms with Crippen molar-refractivity contribution in [2.75, 3.05) is 11.6 Å². The molecule has 4 aromatic rings. The summed E-state index contributed by atoms with van der Waals surface area (Å²) in [6.45, 7) is 0. The first-order chi connectivity index (χ1) is 15.6. The normalized spacial score (nSPS) is 10.5. The van der Waals surface area contributed by atoms with Gasteiger partial charge in [-0.15, -0.1) is 11.8 Å². The molecule has 0 aliphatic rings. The lowest BCUT2D eigenvalue weighted by molar-refractivity contribution is 0.0997. The van der Waals surface area contributed by atoms with E-state index in [4.69, 9.17) is 5.73 Å². The highest BCUT2D eigenvalue weighted by Crippen LogP contribution is 2.31. The summed E-state index contributed by atoms with van der Waals surface area (Å²) in [6, 6.07) is 25.9. The quantitative estimate of drug-likeness (QED) is 0.389. The van der Waals surface area contributed by atoms with Crippen LogP contribution < -0.4 is 11.1 Å². The molecule has 4 rings (SSSR count). The van der Waals surface area contributed by atoms with Crippen molar-refractivity contribution < 1.29 is 9.59 Å². The van der Waals surface area contributed by atoms with Crippen LogP contribution >= 0.6 is 11.8 Å². The fraction of sp³-hybridized carbons (Fsp3) is 0.0385.